The molecule has 96 valence electrons. The largest absolute Gasteiger partial charge is 0.329 e. The quantitative estimate of drug-likeness (QED) is 0.837. The average Bonchev–Trinajstić information content (AvgIpc) is 2.65. The molecule has 2 rings (SSSR count). The monoisotopic (exact) mass is 250 g/mol. The Hall–Kier alpha value is -1.91. The third-order valence-corrected chi connectivity index (χ3v) is 3.27. The van der Waals surface area contributed by atoms with Gasteiger partial charge < -0.3 is 5.32 Å². The molecule has 0 aliphatic carbocycles. The first-order valence-corrected chi connectivity index (χ1v) is 5.95. The van der Waals surface area contributed by atoms with Gasteiger partial charge in [0.25, 0.3) is 5.91 Å². The van der Waals surface area contributed by atoms with E-state index in [9.17, 15) is 14.0 Å². The maximum absolute atomic E-state index is 13.6. The van der Waals surface area contributed by atoms with Gasteiger partial charge in [-0.2, -0.15) is 0 Å². The highest BCUT2D eigenvalue weighted by molar-refractivity contribution is 6.21. The molecule has 3 amide bonds. The number of nitrogens with one attached hydrogen (secondary N) is 1. The lowest BCUT2D eigenvalue weighted by molar-refractivity contribution is -0.119. The molecule has 1 fully saturated rings. The number of halogens is 1. The van der Waals surface area contributed by atoms with Crippen molar-refractivity contribution in [2.24, 2.45) is 5.92 Å². The fourth-order valence-electron chi connectivity index (χ4n) is 1.98. The lowest BCUT2D eigenvalue weighted by Crippen LogP contribution is -2.35. The first kappa shape index (κ1) is 12.5. The standard InChI is InChI=1S/C13H15FN2O2/c1-3-8(2)11-12(17)16(13(18)15-11)10-7-5-4-6-9(10)14/h4-8,11H,3H2,1-2H3,(H,15,18). The Morgan fingerprint density at radius 2 is 2.06 bits per heavy atom. The summed E-state index contributed by atoms with van der Waals surface area (Å²) in [6, 6.07) is 4.63. The van der Waals surface area contributed by atoms with Crippen molar-refractivity contribution in [3.05, 3.63) is 30.1 Å². The summed E-state index contributed by atoms with van der Waals surface area (Å²) in [5.74, 6) is -0.941. The van der Waals surface area contributed by atoms with E-state index in [0.29, 0.717) is 0 Å². The molecule has 2 atom stereocenters. The smallest absolute Gasteiger partial charge is 0.325 e. The van der Waals surface area contributed by atoms with E-state index in [1.807, 2.05) is 13.8 Å². The maximum atomic E-state index is 13.6. The zero-order valence-corrected chi connectivity index (χ0v) is 10.3. The summed E-state index contributed by atoms with van der Waals surface area (Å²) < 4.78 is 13.6. The van der Waals surface area contributed by atoms with E-state index in [1.54, 1.807) is 6.07 Å². The second-order valence-corrected chi connectivity index (χ2v) is 4.44. The number of nitrogens with zero attached hydrogens (tertiary/aromatic N) is 1. The highest BCUT2D eigenvalue weighted by Gasteiger charge is 2.42. The van der Waals surface area contributed by atoms with E-state index in [-0.39, 0.29) is 17.5 Å². The van der Waals surface area contributed by atoms with Crippen LogP contribution in [-0.2, 0) is 4.79 Å². The molecule has 0 saturated carbocycles. The van der Waals surface area contributed by atoms with Crippen molar-refractivity contribution in [2.75, 3.05) is 4.90 Å². The molecule has 1 saturated heterocycles. The van der Waals surface area contributed by atoms with Crippen LogP contribution in [-0.4, -0.2) is 18.0 Å². The Morgan fingerprint density at radius 3 is 2.67 bits per heavy atom. The van der Waals surface area contributed by atoms with Gasteiger partial charge in [-0.1, -0.05) is 32.4 Å². The average molecular weight is 250 g/mol. The van der Waals surface area contributed by atoms with Crippen molar-refractivity contribution >= 4 is 17.6 Å². The second-order valence-electron chi connectivity index (χ2n) is 4.44. The minimum atomic E-state index is -0.578. The number of imide groups is 1. The van der Waals surface area contributed by atoms with Gasteiger partial charge in [-0.25, -0.2) is 14.1 Å². The number of amides is 3. The predicted molar refractivity (Wildman–Crippen MR) is 65.7 cm³/mol. The molecule has 1 aliphatic rings. The van der Waals surface area contributed by atoms with Crippen LogP contribution in [0.15, 0.2) is 24.3 Å². The van der Waals surface area contributed by atoms with Gasteiger partial charge in [0.15, 0.2) is 0 Å². The maximum Gasteiger partial charge on any atom is 0.329 e. The van der Waals surface area contributed by atoms with E-state index in [4.69, 9.17) is 0 Å². The Kier molecular flexibility index (Phi) is 3.32. The molecule has 18 heavy (non-hydrogen) atoms. The molecule has 4 nitrogen and oxygen atoms in total. The van der Waals surface area contributed by atoms with Gasteiger partial charge in [0.1, 0.15) is 11.9 Å². The van der Waals surface area contributed by atoms with E-state index >= 15 is 0 Å². The van der Waals surface area contributed by atoms with E-state index in [1.165, 1.54) is 18.2 Å². The van der Waals surface area contributed by atoms with E-state index in [2.05, 4.69) is 5.32 Å². The molecular formula is C13H15FN2O2. The molecule has 1 N–H and O–H groups in total. The number of carbonyl (C=O) groups is 2. The summed E-state index contributed by atoms with van der Waals surface area (Å²) in [6.45, 7) is 3.82. The van der Waals surface area contributed by atoms with Gasteiger partial charge in [-0.3, -0.25) is 4.79 Å². The van der Waals surface area contributed by atoms with Crippen molar-refractivity contribution in [3.8, 4) is 0 Å². The lowest BCUT2D eigenvalue weighted by atomic mass is 9.99. The SMILES string of the molecule is CCC(C)C1NC(=O)N(c2ccccc2F)C1=O. The molecule has 0 bridgehead atoms. The number of hydrogen-bond donors (Lipinski definition) is 1. The topological polar surface area (TPSA) is 49.4 Å². The van der Waals surface area contributed by atoms with Crippen LogP contribution in [0.1, 0.15) is 20.3 Å². The van der Waals surface area contributed by atoms with Crippen LogP contribution >= 0.6 is 0 Å². The Labute approximate surface area is 105 Å². The number of carbonyl (C=O) groups excluding carboxylic acids is 2. The van der Waals surface area contributed by atoms with E-state index in [0.717, 1.165) is 11.3 Å². The number of hydrogen-bond acceptors (Lipinski definition) is 2. The van der Waals surface area contributed by atoms with Crippen molar-refractivity contribution in [3.63, 3.8) is 0 Å². The zero-order valence-electron chi connectivity index (χ0n) is 10.3. The van der Waals surface area contributed by atoms with Crippen molar-refractivity contribution in [1.29, 1.82) is 0 Å². The van der Waals surface area contributed by atoms with Gasteiger partial charge in [0, 0.05) is 0 Å². The number of rotatable bonds is 3. The third-order valence-electron chi connectivity index (χ3n) is 3.27. The Bertz CT molecular complexity index is 490. The molecule has 2 unspecified atom stereocenters. The molecule has 1 aromatic carbocycles. The van der Waals surface area contributed by atoms with Gasteiger partial charge in [-0.05, 0) is 18.1 Å². The van der Waals surface area contributed by atoms with Crippen molar-refractivity contribution in [1.82, 2.24) is 5.32 Å². The number of benzene rings is 1. The highest BCUT2D eigenvalue weighted by Crippen LogP contribution is 2.25. The summed E-state index contributed by atoms with van der Waals surface area (Å²) in [6.07, 6.45) is 0.766. The van der Waals surface area contributed by atoms with Crippen LogP contribution in [0.25, 0.3) is 0 Å². The van der Waals surface area contributed by atoms with Crippen LogP contribution in [0, 0.1) is 11.7 Å². The van der Waals surface area contributed by atoms with Crippen molar-refractivity contribution in [2.45, 2.75) is 26.3 Å². The summed E-state index contributed by atoms with van der Waals surface area (Å²) >= 11 is 0. The molecule has 1 aliphatic heterocycles. The molecule has 0 aromatic heterocycles. The van der Waals surface area contributed by atoms with Crippen LogP contribution in [0.3, 0.4) is 0 Å². The summed E-state index contributed by atoms with van der Waals surface area (Å²) in [4.78, 5) is 24.8. The molecule has 1 heterocycles. The number of para-hydroxylation sites is 1. The normalized spacial score (nSPS) is 21.1. The van der Waals surface area contributed by atoms with Crippen molar-refractivity contribution < 1.29 is 14.0 Å². The molecular weight excluding hydrogens is 235 g/mol. The van der Waals surface area contributed by atoms with Crippen LogP contribution in [0.4, 0.5) is 14.9 Å². The van der Waals surface area contributed by atoms with Crippen LogP contribution < -0.4 is 10.2 Å². The van der Waals surface area contributed by atoms with Gasteiger partial charge in [0.05, 0.1) is 5.69 Å². The van der Waals surface area contributed by atoms with Gasteiger partial charge in [-0.15, -0.1) is 0 Å². The third kappa shape index (κ3) is 1.96. The molecule has 0 radical (unpaired) electrons. The molecule has 5 heteroatoms. The first-order valence-electron chi connectivity index (χ1n) is 5.95. The first-order chi connectivity index (χ1) is 8.56. The van der Waals surface area contributed by atoms with Gasteiger partial charge >= 0.3 is 6.03 Å². The predicted octanol–water partition coefficient (Wildman–Crippen LogP) is 2.30. The lowest BCUT2D eigenvalue weighted by Gasteiger charge is -2.16. The second kappa shape index (κ2) is 4.76. The number of urea groups is 1. The minimum absolute atomic E-state index is 0.00537. The summed E-state index contributed by atoms with van der Waals surface area (Å²) in [7, 11) is 0. The summed E-state index contributed by atoms with van der Waals surface area (Å²) in [5, 5.41) is 2.60. The fourth-order valence-corrected chi connectivity index (χ4v) is 1.98. The summed E-state index contributed by atoms with van der Waals surface area (Å²) in [5.41, 5.74) is 0.00537. The fraction of sp³-hybridized carbons (Fsp3) is 0.385. The van der Waals surface area contributed by atoms with E-state index < -0.39 is 17.9 Å². The number of anilines is 1. The highest BCUT2D eigenvalue weighted by atomic mass is 19.1. The Morgan fingerprint density at radius 1 is 1.39 bits per heavy atom. The zero-order chi connectivity index (χ0) is 13.3. The molecule has 1 aromatic rings. The Balaban J connectivity index is 2.33. The van der Waals surface area contributed by atoms with Crippen LogP contribution in [0.2, 0.25) is 0 Å². The van der Waals surface area contributed by atoms with Gasteiger partial charge in [0.2, 0.25) is 0 Å². The molecule has 0 spiro atoms. The minimum Gasteiger partial charge on any atom is -0.325 e. The van der Waals surface area contributed by atoms with Crippen LogP contribution in [0.5, 0.6) is 0 Å².